The molecule has 0 bridgehead atoms. The van der Waals surface area contributed by atoms with Gasteiger partial charge < -0.3 is 9.47 Å². The summed E-state index contributed by atoms with van der Waals surface area (Å²) in [6.45, 7) is 64.8. The normalized spacial score (nSPS) is 22.8. The zero-order valence-electron chi connectivity index (χ0n) is 51.8. The van der Waals surface area contributed by atoms with Gasteiger partial charge in [0, 0.05) is 14.2 Å². The third kappa shape index (κ3) is 102. The van der Waals surface area contributed by atoms with Crippen molar-refractivity contribution in [1.82, 2.24) is 0 Å². The van der Waals surface area contributed by atoms with E-state index in [0.29, 0.717) is 11.5 Å². The van der Waals surface area contributed by atoms with Gasteiger partial charge in [0.2, 0.25) is 0 Å². The molecule has 0 aromatic heterocycles. The Bertz CT molecular complexity index is 884. The number of methoxy groups -OCH3 is 2. The van der Waals surface area contributed by atoms with Gasteiger partial charge in [-0.05, 0) is 150 Å². The molecule has 0 N–H and O–H groups in total. The Balaban J connectivity index is -0.000000145. The average molecular weight is 926 g/mol. The monoisotopic (exact) mass is 925 g/mol. The van der Waals surface area contributed by atoms with Crippen LogP contribution < -0.4 is 0 Å². The molecule has 2 heteroatoms. The molecular weight excluding hydrogens is 789 g/mol. The zero-order valence-corrected chi connectivity index (χ0v) is 51.8. The van der Waals surface area contributed by atoms with Crippen LogP contribution in [0.25, 0.3) is 0 Å². The summed E-state index contributed by atoms with van der Waals surface area (Å²) in [4.78, 5) is 0. The van der Waals surface area contributed by atoms with E-state index in [4.69, 9.17) is 9.47 Å². The van der Waals surface area contributed by atoms with Gasteiger partial charge in [0.1, 0.15) is 0 Å². The second kappa shape index (κ2) is 43.7. The molecule has 0 aromatic rings. The minimum atomic E-state index is 0.0417. The number of rotatable bonds is 3. The largest absolute Gasteiger partial charge is 0.382 e. The minimum absolute atomic E-state index is 0.0417. The predicted octanol–water partition coefficient (Wildman–Crippen LogP) is 22.6. The summed E-state index contributed by atoms with van der Waals surface area (Å²) in [5.41, 5.74) is 3.18. The molecule has 4 atom stereocenters. The van der Waals surface area contributed by atoms with Gasteiger partial charge >= 0.3 is 0 Å². The molecule has 400 valence electrons. The fraction of sp³-hybridized carbons (Fsp3) is 0.968. The predicted molar refractivity (Wildman–Crippen MR) is 306 cm³/mol. The highest BCUT2D eigenvalue weighted by atomic mass is 16.5. The average Bonchev–Trinajstić information content (AvgIpc) is 3.94. The van der Waals surface area contributed by atoms with Gasteiger partial charge in [-0.15, -0.1) is 6.58 Å². The van der Waals surface area contributed by atoms with Gasteiger partial charge in [-0.2, -0.15) is 0 Å². The molecule has 4 unspecified atom stereocenters. The van der Waals surface area contributed by atoms with E-state index >= 15 is 0 Å². The van der Waals surface area contributed by atoms with Gasteiger partial charge in [0.25, 0.3) is 0 Å². The van der Waals surface area contributed by atoms with E-state index in [2.05, 4.69) is 152 Å². The molecule has 7 fully saturated rings. The molecule has 0 radical (unpaired) electrons. The lowest BCUT2D eigenvalue weighted by Crippen LogP contribution is -2.20. The van der Waals surface area contributed by atoms with Crippen LogP contribution in [0.4, 0.5) is 0 Å². The quantitative estimate of drug-likeness (QED) is 0.263. The van der Waals surface area contributed by atoms with Crippen LogP contribution in [0.1, 0.15) is 303 Å². The molecule has 0 spiro atoms. The number of hydrogen-bond acceptors (Lipinski definition) is 2. The van der Waals surface area contributed by atoms with Crippen LogP contribution in [0.15, 0.2) is 12.2 Å². The van der Waals surface area contributed by atoms with Gasteiger partial charge in [0.15, 0.2) is 0 Å². The number of allylic oxidation sites excluding steroid dienone is 1. The highest BCUT2D eigenvalue weighted by molar-refractivity contribution is 4.82. The van der Waals surface area contributed by atoms with Crippen LogP contribution in [0.3, 0.4) is 0 Å². The number of ether oxygens (including phenoxy) is 2. The highest BCUT2D eigenvalue weighted by Crippen LogP contribution is 2.43. The van der Waals surface area contributed by atoms with E-state index in [1.54, 1.807) is 14.2 Å². The maximum atomic E-state index is 4.94. The SMILES string of the molecule is C=C(C)C.CC(C)(C)C.CC(C)C.CC1(C)CC1.CC1(C)CCC1.CC1CC1.CC1CC1C.CC1CCC1.CC1CCC1C.CCC(C)C.CCC1CC1.COC(C)(C)C.COC(C)C. The Morgan fingerprint density at radius 1 is 0.554 bits per heavy atom. The third-order valence-corrected chi connectivity index (χ3v) is 12.0. The first kappa shape index (κ1) is 76.2. The molecule has 0 aliphatic heterocycles. The Hall–Kier alpha value is -0.340. The summed E-state index contributed by atoms with van der Waals surface area (Å²) in [5.74, 6) is 9.17. The van der Waals surface area contributed by atoms with Gasteiger partial charge in [-0.1, -0.05) is 228 Å². The maximum Gasteiger partial charge on any atom is 0.0594 e. The highest BCUT2D eigenvalue weighted by Gasteiger charge is 2.30. The van der Waals surface area contributed by atoms with Crippen LogP contribution in [-0.4, -0.2) is 25.9 Å². The summed E-state index contributed by atoms with van der Waals surface area (Å²) >= 11 is 0. The van der Waals surface area contributed by atoms with Crippen LogP contribution in [-0.2, 0) is 9.47 Å². The van der Waals surface area contributed by atoms with Crippen molar-refractivity contribution in [3.63, 3.8) is 0 Å². The molecular formula is C63H136O2. The molecule has 0 heterocycles. The van der Waals surface area contributed by atoms with E-state index in [0.717, 1.165) is 64.1 Å². The Kier molecular flexibility index (Phi) is 51.2. The van der Waals surface area contributed by atoms with Crippen molar-refractivity contribution < 1.29 is 9.47 Å². The van der Waals surface area contributed by atoms with Crippen molar-refractivity contribution in [2.75, 3.05) is 14.2 Å². The Morgan fingerprint density at radius 3 is 0.769 bits per heavy atom. The summed E-state index contributed by atoms with van der Waals surface area (Å²) < 4.78 is 9.69. The lowest BCUT2D eigenvalue weighted by Gasteiger charge is -2.33. The second-order valence-electron chi connectivity index (χ2n) is 27.3. The number of hydrogen-bond donors (Lipinski definition) is 0. The standard InChI is InChI=1S/2C6H12.C5H12O.4C5H10.2C5H12.C4H10O.C4H8.C4H10.C4H8/c1-6(2)4-3-5-6;1-5-3-4-6(5)2;1-5(2,3)6-4;1-5(2)3-4-5;1-4-3-5(4)2;1-5-3-2-4-5;1-2-5-3-4-5;1-5(2,3)4;1-4-5(2)3;1-4(2)5-3;1-4-2-3-4;2*1-4(2)3/h3-5H2,1-2H3;5-6H,3-4H2,1-2H3;1-4H3;3-4H2,1-2H3;4-5H,3H2,1-2H3;2*5H,2-4H2,1H3;1-4H3;5H,4H2,1-3H3;4H,1-3H3;4H,2-3H2,1H3;4H,1-3H3;1H2,2-3H3. The Morgan fingerprint density at radius 2 is 0.769 bits per heavy atom. The van der Waals surface area contributed by atoms with Crippen LogP contribution >= 0.6 is 0 Å². The van der Waals surface area contributed by atoms with E-state index < -0.39 is 0 Å². The molecule has 65 heavy (non-hydrogen) atoms. The molecule has 7 aliphatic carbocycles. The maximum absolute atomic E-state index is 4.94. The first-order valence-corrected chi connectivity index (χ1v) is 28.0. The van der Waals surface area contributed by atoms with E-state index in [9.17, 15) is 0 Å². The fourth-order valence-corrected chi connectivity index (χ4v) is 3.78. The van der Waals surface area contributed by atoms with E-state index in [-0.39, 0.29) is 5.60 Å². The smallest absolute Gasteiger partial charge is 0.0594 e. The molecule has 0 saturated heterocycles. The summed E-state index contributed by atoms with van der Waals surface area (Å²) in [7, 11) is 3.41. The lowest BCUT2D eigenvalue weighted by atomic mass is 9.72. The van der Waals surface area contributed by atoms with E-state index in [1.165, 1.54) is 115 Å². The van der Waals surface area contributed by atoms with Crippen LogP contribution in [0.5, 0.6) is 0 Å². The molecule has 2 nitrogen and oxygen atoms in total. The van der Waals surface area contributed by atoms with Gasteiger partial charge in [0.05, 0.1) is 11.7 Å². The van der Waals surface area contributed by atoms with Crippen LogP contribution in [0, 0.1) is 69.5 Å². The Labute approximate surface area is 418 Å². The topological polar surface area (TPSA) is 18.5 Å². The van der Waals surface area contributed by atoms with Gasteiger partial charge in [-0.3, -0.25) is 0 Å². The summed E-state index contributed by atoms with van der Waals surface area (Å²) in [6, 6.07) is 0. The third-order valence-electron chi connectivity index (χ3n) is 12.0. The van der Waals surface area contributed by atoms with Crippen molar-refractivity contribution in [2.24, 2.45) is 69.5 Å². The van der Waals surface area contributed by atoms with Gasteiger partial charge in [-0.25, -0.2) is 0 Å². The summed E-state index contributed by atoms with van der Waals surface area (Å²) in [6.07, 6.45) is 25.2. The first-order chi connectivity index (χ1) is 29.3. The molecule has 7 saturated carbocycles. The van der Waals surface area contributed by atoms with Crippen molar-refractivity contribution in [2.45, 2.75) is 315 Å². The van der Waals surface area contributed by atoms with Crippen molar-refractivity contribution >= 4 is 0 Å². The molecule has 7 rings (SSSR count). The van der Waals surface area contributed by atoms with Crippen LogP contribution in [0.2, 0.25) is 0 Å². The lowest BCUT2D eigenvalue weighted by molar-refractivity contribution is 0.0397. The fourth-order valence-electron chi connectivity index (χ4n) is 3.78. The van der Waals surface area contributed by atoms with Crippen molar-refractivity contribution in [3.05, 3.63) is 12.2 Å². The van der Waals surface area contributed by atoms with E-state index in [1.807, 2.05) is 48.5 Å². The molecule has 0 amide bonds. The summed E-state index contributed by atoms with van der Waals surface area (Å²) in [5, 5.41) is 0. The van der Waals surface area contributed by atoms with Crippen molar-refractivity contribution in [1.29, 1.82) is 0 Å². The van der Waals surface area contributed by atoms with Crippen molar-refractivity contribution in [3.8, 4) is 0 Å². The first-order valence-electron chi connectivity index (χ1n) is 28.0. The minimum Gasteiger partial charge on any atom is -0.382 e. The second-order valence-corrected chi connectivity index (χ2v) is 27.3. The molecule has 0 aromatic carbocycles. The molecule has 7 aliphatic rings. The zero-order chi connectivity index (χ0) is 52.8.